The Morgan fingerprint density at radius 2 is 2.15 bits per heavy atom. The highest BCUT2D eigenvalue weighted by molar-refractivity contribution is 4.99. The fraction of sp³-hybridized carbons (Fsp3) is 0.750. The summed E-state index contributed by atoms with van der Waals surface area (Å²) in [6.07, 6.45) is -0.816. The van der Waals surface area contributed by atoms with Crippen molar-refractivity contribution >= 4 is 0 Å². The molecule has 1 rings (SSSR count). The Hall–Kier alpha value is -1.00. The maximum atomic E-state index is 11.9. The minimum absolute atomic E-state index is 0.164. The van der Waals surface area contributed by atoms with Crippen LogP contribution in [-0.4, -0.2) is 21.4 Å². The van der Waals surface area contributed by atoms with E-state index >= 15 is 0 Å². The van der Waals surface area contributed by atoms with Crippen molar-refractivity contribution in [3.05, 3.63) is 11.9 Å². The van der Waals surface area contributed by atoms with Gasteiger partial charge in [-0.2, -0.15) is 0 Å². The van der Waals surface area contributed by atoms with Crippen LogP contribution in [0, 0.1) is 0 Å². The molecule has 0 atom stereocenters. The smallest absolute Gasteiger partial charge is 0.240 e. The fourth-order valence-electron chi connectivity index (χ4n) is 1.11. The Labute approximate surface area is 75.7 Å². The largest absolute Gasteiger partial charge is 0.249 e. The molecule has 0 N–H and O–H groups in total. The van der Waals surface area contributed by atoms with Crippen LogP contribution in [-0.2, 0) is 6.54 Å². The molecule has 0 radical (unpaired) electrons. The van der Waals surface area contributed by atoms with Gasteiger partial charge in [0, 0.05) is 13.0 Å². The van der Waals surface area contributed by atoms with Gasteiger partial charge in [0.15, 0.2) is 0 Å². The molecule has 13 heavy (non-hydrogen) atoms. The zero-order valence-electron chi connectivity index (χ0n) is 7.74. The molecule has 0 saturated carbocycles. The first-order chi connectivity index (χ1) is 6.11. The third-order valence-electron chi connectivity index (χ3n) is 1.80. The first-order valence-electron chi connectivity index (χ1n) is 4.27. The van der Waals surface area contributed by atoms with Crippen LogP contribution in [0.15, 0.2) is 6.20 Å². The third-order valence-corrected chi connectivity index (χ3v) is 1.80. The van der Waals surface area contributed by atoms with Crippen LogP contribution in [0.3, 0.4) is 0 Å². The molecule has 5 heteroatoms. The van der Waals surface area contributed by atoms with E-state index < -0.39 is 6.43 Å². The highest BCUT2D eigenvalue weighted by atomic mass is 19.3. The Balaban J connectivity index is 2.60. The summed E-state index contributed by atoms with van der Waals surface area (Å²) in [5.74, 6) is 0.271. The number of hydrogen-bond acceptors (Lipinski definition) is 2. The van der Waals surface area contributed by atoms with Gasteiger partial charge in [0.1, 0.15) is 0 Å². The van der Waals surface area contributed by atoms with E-state index in [0.29, 0.717) is 0 Å². The maximum absolute atomic E-state index is 11.9. The van der Waals surface area contributed by atoms with Crippen LogP contribution >= 0.6 is 0 Å². The monoisotopic (exact) mass is 189 g/mol. The molecule has 0 spiro atoms. The summed E-state index contributed by atoms with van der Waals surface area (Å²) >= 11 is 0. The molecule has 0 aromatic carbocycles. The number of rotatable bonds is 4. The number of aryl methyl sites for hydroxylation is 1. The van der Waals surface area contributed by atoms with Crippen LogP contribution in [0.2, 0.25) is 0 Å². The minimum Gasteiger partial charge on any atom is -0.249 e. The molecule has 0 amide bonds. The van der Waals surface area contributed by atoms with Crippen LogP contribution in [0.25, 0.3) is 0 Å². The number of nitrogens with zero attached hydrogens (tertiary/aromatic N) is 3. The van der Waals surface area contributed by atoms with Crippen molar-refractivity contribution < 1.29 is 8.78 Å². The third kappa shape index (κ3) is 2.75. The van der Waals surface area contributed by atoms with E-state index in [9.17, 15) is 8.78 Å². The summed E-state index contributed by atoms with van der Waals surface area (Å²) in [6.45, 7) is 4.21. The molecule has 0 aliphatic carbocycles. The summed E-state index contributed by atoms with van der Waals surface area (Å²) in [7, 11) is 0. The van der Waals surface area contributed by atoms with Gasteiger partial charge >= 0.3 is 0 Å². The first-order valence-corrected chi connectivity index (χ1v) is 4.27. The SMILES string of the molecule is CC(C)c1cnnn1CCC(F)F. The van der Waals surface area contributed by atoms with Gasteiger partial charge in [0.25, 0.3) is 0 Å². The highest BCUT2D eigenvalue weighted by Gasteiger charge is 2.09. The van der Waals surface area contributed by atoms with E-state index in [4.69, 9.17) is 0 Å². The summed E-state index contributed by atoms with van der Waals surface area (Å²) in [5.41, 5.74) is 0.903. The van der Waals surface area contributed by atoms with E-state index in [2.05, 4.69) is 10.3 Å². The van der Waals surface area contributed by atoms with Crippen molar-refractivity contribution in [1.82, 2.24) is 15.0 Å². The molecule has 0 aliphatic heterocycles. The lowest BCUT2D eigenvalue weighted by atomic mass is 10.1. The summed E-state index contributed by atoms with van der Waals surface area (Å²) < 4.78 is 25.3. The number of alkyl halides is 2. The average molecular weight is 189 g/mol. The molecule has 0 unspecified atom stereocenters. The van der Waals surface area contributed by atoms with Crippen LogP contribution in [0.1, 0.15) is 31.9 Å². The average Bonchev–Trinajstić information content (AvgIpc) is 2.47. The molecule has 3 nitrogen and oxygen atoms in total. The molecule has 0 fully saturated rings. The summed E-state index contributed by atoms with van der Waals surface area (Å²) in [6, 6.07) is 0. The lowest BCUT2D eigenvalue weighted by Crippen LogP contribution is -2.09. The predicted molar refractivity (Wildman–Crippen MR) is 44.7 cm³/mol. The quantitative estimate of drug-likeness (QED) is 0.725. The Kier molecular flexibility index (Phi) is 3.33. The molecule has 0 saturated heterocycles. The lowest BCUT2D eigenvalue weighted by Gasteiger charge is -2.07. The van der Waals surface area contributed by atoms with Crippen molar-refractivity contribution in [2.75, 3.05) is 0 Å². The molecule has 74 valence electrons. The Bertz CT molecular complexity index is 258. The molecule has 1 aromatic heterocycles. The first kappa shape index (κ1) is 10.1. The number of hydrogen-bond donors (Lipinski definition) is 0. The second-order valence-corrected chi connectivity index (χ2v) is 3.22. The Morgan fingerprint density at radius 3 is 2.69 bits per heavy atom. The normalized spacial score (nSPS) is 11.5. The molecule has 1 heterocycles. The standard InChI is InChI=1S/C8H13F2N3/c1-6(2)7-5-11-12-13(7)4-3-8(9)10/h5-6,8H,3-4H2,1-2H3. The zero-order chi connectivity index (χ0) is 9.84. The number of halogens is 2. The highest BCUT2D eigenvalue weighted by Crippen LogP contribution is 2.13. The van der Waals surface area contributed by atoms with Gasteiger partial charge in [-0.3, -0.25) is 0 Å². The molecular weight excluding hydrogens is 176 g/mol. The van der Waals surface area contributed by atoms with E-state index in [1.54, 1.807) is 6.20 Å². The van der Waals surface area contributed by atoms with Crippen LogP contribution < -0.4 is 0 Å². The molecule has 0 bridgehead atoms. The van der Waals surface area contributed by atoms with Gasteiger partial charge in [-0.25, -0.2) is 13.5 Å². The Morgan fingerprint density at radius 1 is 1.46 bits per heavy atom. The van der Waals surface area contributed by atoms with Crippen LogP contribution in [0.5, 0.6) is 0 Å². The van der Waals surface area contributed by atoms with E-state index in [0.717, 1.165) is 5.69 Å². The van der Waals surface area contributed by atoms with Crippen LogP contribution in [0.4, 0.5) is 8.78 Å². The molecule has 1 aromatic rings. The van der Waals surface area contributed by atoms with Crippen molar-refractivity contribution in [2.24, 2.45) is 0 Å². The maximum Gasteiger partial charge on any atom is 0.240 e. The van der Waals surface area contributed by atoms with Gasteiger partial charge in [-0.15, -0.1) is 5.10 Å². The van der Waals surface area contributed by atoms with E-state index in [1.807, 2.05) is 13.8 Å². The molecule has 0 aliphatic rings. The predicted octanol–water partition coefficient (Wildman–Crippen LogP) is 2.06. The summed E-state index contributed by atoms with van der Waals surface area (Å²) in [4.78, 5) is 0. The van der Waals surface area contributed by atoms with Crippen molar-refractivity contribution in [3.8, 4) is 0 Å². The zero-order valence-corrected chi connectivity index (χ0v) is 7.74. The topological polar surface area (TPSA) is 30.7 Å². The molecular formula is C8H13F2N3. The van der Waals surface area contributed by atoms with E-state index in [1.165, 1.54) is 4.68 Å². The second kappa shape index (κ2) is 4.30. The summed E-state index contributed by atoms with van der Waals surface area (Å²) in [5, 5.41) is 7.43. The van der Waals surface area contributed by atoms with Gasteiger partial charge in [-0.05, 0) is 5.92 Å². The van der Waals surface area contributed by atoms with Crippen molar-refractivity contribution in [3.63, 3.8) is 0 Å². The van der Waals surface area contributed by atoms with Gasteiger partial charge in [0.2, 0.25) is 6.43 Å². The second-order valence-electron chi connectivity index (χ2n) is 3.22. The van der Waals surface area contributed by atoms with Gasteiger partial charge in [-0.1, -0.05) is 19.1 Å². The fourth-order valence-corrected chi connectivity index (χ4v) is 1.11. The van der Waals surface area contributed by atoms with Crippen molar-refractivity contribution in [2.45, 2.75) is 39.2 Å². The van der Waals surface area contributed by atoms with E-state index in [-0.39, 0.29) is 18.9 Å². The lowest BCUT2D eigenvalue weighted by molar-refractivity contribution is 0.129. The van der Waals surface area contributed by atoms with Crippen molar-refractivity contribution in [1.29, 1.82) is 0 Å². The minimum atomic E-state index is -2.27. The van der Waals surface area contributed by atoms with Gasteiger partial charge < -0.3 is 0 Å². The number of aromatic nitrogens is 3. The van der Waals surface area contributed by atoms with Gasteiger partial charge in [0.05, 0.1) is 11.9 Å².